The number of halogens is 1. The van der Waals surface area contributed by atoms with Gasteiger partial charge in [0, 0.05) is 26.6 Å². The van der Waals surface area contributed by atoms with Gasteiger partial charge in [0.05, 0.1) is 6.26 Å². The number of rotatable bonds is 8. The molecule has 0 atom stereocenters. The Balaban J connectivity index is 0.00000280. The van der Waals surface area contributed by atoms with Crippen LogP contribution in [0.5, 0.6) is 5.75 Å². The number of aliphatic imine (C=N–C) groups is 1. The van der Waals surface area contributed by atoms with Gasteiger partial charge in [0.2, 0.25) is 0 Å². The number of ether oxygens (including phenoxy) is 1. The molecular weight excluding hydrogens is 465 g/mol. The first kappa shape index (κ1) is 21.8. The summed E-state index contributed by atoms with van der Waals surface area (Å²) in [6.07, 6.45) is 2.51. The van der Waals surface area contributed by atoms with E-state index in [0.717, 1.165) is 41.6 Å². The van der Waals surface area contributed by atoms with Crippen LogP contribution in [0.25, 0.3) is 0 Å². The van der Waals surface area contributed by atoms with Crippen molar-refractivity contribution in [2.24, 2.45) is 4.99 Å². The van der Waals surface area contributed by atoms with Gasteiger partial charge in [-0.3, -0.25) is 4.99 Å². The zero-order valence-electron chi connectivity index (χ0n) is 15.9. The zero-order valence-corrected chi connectivity index (χ0v) is 18.3. The molecule has 0 aliphatic carbocycles. The summed E-state index contributed by atoms with van der Waals surface area (Å²) in [4.78, 5) is 4.24. The van der Waals surface area contributed by atoms with Crippen molar-refractivity contribution in [1.29, 1.82) is 0 Å². The lowest BCUT2D eigenvalue weighted by molar-refractivity contribution is 0.306. The highest BCUT2D eigenvalue weighted by Gasteiger charge is 2.01. The van der Waals surface area contributed by atoms with E-state index in [1.165, 1.54) is 0 Å². The highest BCUT2D eigenvalue weighted by molar-refractivity contribution is 14.0. The molecule has 0 aliphatic heterocycles. The maximum Gasteiger partial charge on any atom is 0.191 e. The summed E-state index contributed by atoms with van der Waals surface area (Å²) in [5.41, 5.74) is 2.32. The molecule has 0 spiro atoms. The largest absolute Gasteiger partial charge is 0.489 e. The molecule has 1 heterocycles. The summed E-state index contributed by atoms with van der Waals surface area (Å²) >= 11 is 0. The van der Waals surface area contributed by atoms with Gasteiger partial charge in [-0.25, -0.2) is 0 Å². The molecule has 0 fully saturated rings. The van der Waals surface area contributed by atoms with Crippen LogP contribution in [0.15, 0.2) is 82.4 Å². The van der Waals surface area contributed by atoms with Crippen LogP contribution >= 0.6 is 24.0 Å². The fraction of sp³-hybridized carbons (Fsp3) is 0.227. The van der Waals surface area contributed by atoms with E-state index >= 15 is 0 Å². The summed E-state index contributed by atoms with van der Waals surface area (Å²) in [6.45, 7) is 2.03. The van der Waals surface area contributed by atoms with E-state index in [0.29, 0.717) is 13.2 Å². The Morgan fingerprint density at radius 1 is 0.929 bits per heavy atom. The summed E-state index contributed by atoms with van der Waals surface area (Å²) in [5.74, 6) is 2.60. The SMILES string of the molecule is CN=C(NCCc1ccco1)NCc1ccc(OCc2ccccc2)cc1.I. The second-order valence-corrected chi connectivity index (χ2v) is 6.10. The molecule has 0 radical (unpaired) electrons. The molecule has 0 unspecified atom stereocenters. The summed E-state index contributed by atoms with van der Waals surface area (Å²) < 4.78 is 11.1. The number of nitrogens with one attached hydrogen (secondary N) is 2. The molecule has 0 amide bonds. The first-order valence-corrected chi connectivity index (χ1v) is 9.06. The molecule has 3 rings (SSSR count). The quantitative estimate of drug-likeness (QED) is 0.279. The van der Waals surface area contributed by atoms with Crippen molar-refractivity contribution in [1.82, 2.24) is 10.6 Å². The molecule has 2 aromatic carbocycles. The molecule has 0 bridgehead atoms. The summed E-state index contributed by atoms with van der Waals surface area (Å²) in [7, 11) is 1.77. The van der Waals surface area contributed by atoms with Crippen LogP contribution in [0.3, 0.4) is 0 Å². The molecule has 3 aromatic rings. The standard InChI is InChI=1S/C22H25N3O2.HI/c1-23-22(24-14-13-20-8-5-15-26-20)25-16-18-9-11-21(12-10-18)27-17-19-6-3-2-4-7-19;/h2-12,15H,13-14,16-17H2,1H3,(H2,23,24,25);1H. The molecule has 1 aromatic heterocycles. The van der Waals surface area contributed by atoms with E-state index in [1.54, 1.807) is 13.3 Å². The van der Waals surface area contributed by atoms with Gasteiger partial charge in [0.1, 0.15) is 18.1 Å². The number of guanidine groups is 1. The molecular formula is C22H26IN3O2. The molecule has 2 N–H and O–H groups in total. The van der Waals surface area contributed by atoms with Crippen molar-refractivity contribution in [2.75, 3.05) is 13.6 Å². The van der Waals surface area contributed by atoms with Crippen LogP contribution in [-0.2, 0) is 19.6 Å². The molecule has 5 nitrogen and oxygen atoms in total. The van der Waals surface area contributed by atoms with Gasteiger partial charge in [0.25, 0.3) is 0 Å². The molecule has 28 heavy (non-hydrogen) atoms. The lowest BCUT2D eigenvalue weighted by Gasteiger charge is -2.12. The molecule has 6 heteroatoms. The van der Waals surface area contributed by atoms with Gasteiger partial charge in [-0.1, -0.05) is 42.5 Å². The maximum absolute atomic E-state index is 5.82. The van der Waals surface area contributed by atoms with Crippen LogP contribution in [0.2, 0.25) is 0 Å². The van der Waals surface area contributed by atoms with Crippen molar-refractivity contribution < 1.29 is 9.15 Å². The third kappa shape index (κ3) is 7.26. The van der Waals surface area contributed by atoms with Gasteiger partial charge < -0.3 is 19.8 Å². The second-order valence-electron chi connectivity index (χ2n) is 6.10. The molecule has 148 valence electrons. The first-order chi connectivity index (χ1) is 13.3. The average molecular weight is 491 g/mol. The number of nitrogens with zero attached hydrogens (tertiary/aromatic N) is 1. The Morgan fingerprint density at radius 3 is 2.39 bits per heavy atom. The number of furan rings is 1. The van der Waals surface area contributed by atoms with Crippen molar-refractivity contribution in [2.45, 2.75) is 19.6 Å². The van der Waals surface area contributed by atoms with E-state index in [9.17, 15) is 0 Å². The lowest BCUT2D eigenvalue weighted by atomic mass is 10.2. The van der Waals surface area contributed by atoms with Gasteiger partial charge in [0.15, 0.2) is 5.96 Å². The van der Waals surface area contributed by atoms with Crippen LogP contribution in [0, 0.1) is 0 Å². The molecule has 0 aliphatic rings. The van der Waals surface area contributed by atoms with Crippen LogP contribution < -0.4 is 15.4 Å². The Kier molecular flexibility index (Phi) is 9.41. The van der Waals surface area contributed by atoms with Gasteiger partial charge in [-0.05, 0) is 35.4 Å². The van der Waals surface area contributed by atoms with Crippen molar-refractivity contribution >= 4 is 29.9 Å². The van der Waals surface area contributed by atoms with Crippen LogP contribution in [-0.4, -0.2) is 19.6 Å². The van der Waals surface area contributed by atoms with Gasteiger partial charge in [-0.2, -0.15) is 0 Å². The predicted octanol–water partition coefficient (Wildman–Crippen LogP) is 4.38. The molecule has 0 saturated carbocycles. The predicted molar refractivity (Wildman–Crippen MR) is 123 cm³/mol. The van der Waals surface area contributed by atoms with E-state index in [4.69, 9.17) is 9.15 Å². The second kappa shape index (κ2) is 12.1. The monoisotopic (exact) mass is 491 g/mol. The van der Waals surface area contributed by atoms with Crippen molar-refractivity contribution in [3.05, 3.63) is 89.9 Å². The minimum Gasteiger partial charge on any atom is -0.489 e. The maximum atomic E-state index is 5.82. The Labute approximate surface area is 183 Å². The number of hydrogen-bond donors (Lipinski definition) is 2. The van der Waals surface area contributed by atoms with Gasteiger partial charge >= 0.3 is 0 Å². The number of hydrogen-bond acceptors (Lipinski definition) is 3. The molecule has 0 saturated heterocycles. The first-order valence-electron chi connectivity index (χ1n) is 9.06. The Hall–Kier alpha value is -2.48. The number of benzene rings is 2. The van der Waals surface area contributed by atoms with E-state index in [1.807, 2.05) is 42.5 Å². The van der Waals surface area contributed by atoms with Crippen LogP contribution in [0.1, 0.15) is 16.9 Å². The third-order valence-corrected chi connectivity index (χ3v) is 4.10. The minimum atomic E-state index is 0. The Bertz CT molecular complexity index is 819. The summed E-state index contributed by atoms with van der Waals surface area (Å²) in [5, 5.41) is 6.59. The van der Waals surface area contributed by atoms with Crippen molar-refractivity contribution in [3.63, 3.8) is 0 Å². The lowest BCUT2D eigenvalue weighted by Crippen LogP contribution is -2.37. The highest BCUT2D eigenvalue weighted by atomic mass is 127. The average Bonchev–Trinajstić information content (AvgIpc) is 3.24. The van der Waals surface area contributed by atoms with E-state index < -0.39 is 0 Å². The third-order valence-electron chi connectivity index (χ3n) is 4.10. The normalized spacial score (nSPS) is 10.8. The summed E-state index contributed by atoms with van der Waals surface area (Å²) in [6, 6.07) is 22.1. The minimum absolute atomic E-state index is 0. The van der Waals surface area contributed by atoms with E-state index in [2.05, 4.69) is 39.9 Å². The fourth-order valence-electron chi connectivity index (χ4n) is 2.61. The fourth-order valence-corrected chi connectivity index (χ4v) is 2.61. The Morgan fingerprint density at radius 2 is 1.71 bits per heavy atom. The smallest absolute Gasteiger partial charge is 0.191 e. The topological polar surface area (TPSA) is 58.8 Å². The van der Waals surface area contributed by atoms with Gasteiger partial charge in [-0.15, -0.1) is 24.0 Å². The van der Waals surface area contributed by atoms with Crippen LogP contribution in [0.4, 0.5) is 0 Å². The highest BCUT2D eigenvalue weighted by Crippen LogP contribution is 2.14. The van der Waals surface area contributed by atoms with E-state index in [-0.39, 0.29) is 24.0 Å². The zero-order chi connectivity index (χ0) is 18.7. The van der Waals surface area contributed by atoms with Crippen molar-refractivity contribution in [3.8, 4) is 5.75 Å².